The minimum atomic E-state index is 0.686. The minimum absolute atomic E-state index is 0.686. The van der Waals surface area contributed by atoms with Crippen molar-refractivity contribution in [1.29, 1.82) is 5.26 Å². The predicted octanol–water partition coefficient (Wildman–Crippen LogP) is 3.68. The third kappa shape index (κ3) is 3.55. The van der Waals surface area contributed by atoms with Crippen molar-refractivity contribution < 1.29 is 0 Å². The smallest absolute Gasteiger partial charge is 0.100 e. The Balaban J connectivity index is 1.74. The van der Waals surface area contributed by atoms with E-state index in [1.807, 2.05) is 11.4 Å². The maximum atomic E-state index is 8.76. The summed E-state index contributed by atoms with van der Waals surface area (Å²) in [5.74, 6) is 0.958. The summed E-state index contributed by atoms with van der Waals surface area (Å²) in [6.45, 7) is 3.22. The average Bonchev–Trinajstić information content (AvgIpc) is 2.85. The zero-order valence-corrected chi connectivity index (χ0v) is 11.2. The molecule has 0 saturated heterocycles. The summed E-state index contributed by atoms with van der Waals surface area (Å²) in [5, 5.41) is 14.3. The van der Waals surface area contributed by atoms with Gasteiger partial charge >= 0.3 is 0 Å². The van der Waals surface area contributed by atoms with Crippen molar-refractivity contribution in [1.82, 2.24) is 5.32 Å². The first-order valence-electron chi connectivity index (χ1n) is 6.52. The summed E-state index contributed by atoms with van der Waals surface area (Å²) in [6, 6.07) is 4.86. The molecule has 3 heteroatoms. The van der Waals surface area contributed by atoms with E-state index in [1.54, 1.807) is 11.3 Å². The van der Waals surface area contributed by atoms with Gasteiger partial charge in [0.15, 0.2) is 0 Å². The molecule has 0 amide bonds. The van der Waals surface area contributed by atoms with Crippen LogP contribution in [0.3, 0.4) is 0 Å². The zero-order chi connectivity index (χ0) is 12.1. The molecule has 0 aliphatic heterocycles. The predicted molar refractivity (Wildman–Crippen MR) is 71.9 cm³/mol. The van der Waals surface area contributed by atoms with Gasteiger partial charge in [0.2, 0.25) is 0 Å². The maximum Gasteiger partial charge on any atom is 0.100 e. The molecule has 1 aliphatic carbocycles. The molecule has 1 N–H and O–H groups in total. The van der Waals surface area contributed by atoms with E-state index < -0.39 is 0 Å². The van der Waals surface area contributed by atoms with Crippen LogP contribution >= 0.6 is 11.3 Å². The largest absolute Gasteiger partial charge is 0.309 e. The second-order valence-corrected chi connectivity index (χ2v) is 5.92. The molecule has 0 spiro atoms. The molecule has 1 heterocycles. The highest BCUT2D eigenvalue weighted by Gasteiger charge is 2.19. The van der Waals surface area contributed by atoms with Crippen LogP contribution in [0, 0.1) is 17.2 Å². The lowest BCUT2D eigenvalue weighted by Crippen LogP contribution is -2.32. The van der Waals surface area contributed by atoms with Gasteiger partial charge in [-0.1, -0.05) is 13.3 Å². The van der Waals surface area contributed by atoms with Crippen LogP contribution in [0.15, 0.2) is 11.4 Å². The fourth-order valence-electron chi connectivity index (χ4n) is 2.55. The molecule has 1 fully saturated rings. The first kappa shape index (κ1) is 12.6. The van der Waals surface area contributed by atoms with Crippen molar-refractivity contribution in [2.45, 2.75) is 51.6 Å². The van der Waals surface area contributed by atoms with Gasteiger partial charge in [0.05, 0.1) is 5.56 Å². The van der Waals surface area contributed by atoms with Crippen LogP contribution in [0.1, 0.15) is 49.5 Å². The Morgan fingerprint density at radius 2 is 2.18 bits per heavy atom. The Hall–Kier alpha value is -0.850. The van der Waals surface area contributed by atoms with Gasteiger partial charge in [-0.25, -0.2) is 0 Å². The van der Waals surface area contributed by atoms with Crippen LogP contribution in [0.5, 0.6) is 0 Å². The molecule has 1 aromatic heterocycles. The van der Waals surface area contributed by atoms with E-state index in [0.29, 0.717) is 6.04 Å². The summed E-state index contributed by atoms with van der Waals surface area (Å²) in [7, 11) is 0. The molecular formula is C14H20N2S. The summed E-state index contributed by atoms with van der Waals surface area (Å²) in [6.07, 6.45) is 6.72. The van der Waals surface area contributed by atoms with Crippen LogP contribution in [0.4, 0.5) is 0 Å². The van der Waals surface area contributed by atoms with Crippen LogP contribution in [-0.4, -0.2) is 6.04 Å². The number of nitrogens with one attached hydrogen (secondary N) is 1. The zero-order valence-electron chi connectivity index (χ0n) is 10.4. The molecule has 2 nitrogen and oxygen atoms in total. The van der Waals surface area contributed by atoms with Crippen molar-refractivity contribution in [3.63, 3.8) is 0 Å². The number of thiophene rings is 1. The van der Waals surface area contributed by atoms with Crippen LogP contribution in [-0.2, 0) is 6.54 Å². The Kier molecular flexibility index (Phi) is 4.58. The van der Waals surface area contributed by atoms with E-state index >= 15 is 0 Å². The van der Waals surface area contributed by atoms with E-state index in [-0.39, 0.29) is 0 Å². The monoisotopic (exact) mass is 248 g/mol. The van der Waals surface area contributed by atoms with Gasteiger partial charge in [-0.05, 0) is 37.7 Å². The van der Waals surface area contributed by atoms with Crippen molar-refractivity contribution in [3.8, 4) is 6.07 Å². The molecule has 1 aliphatic rings. The fraction of sp³-hybridized carbons (Fsp3) is 0.643. The Bertz CT molecular complexity index is 383. The van der Waals surface area contributed by atoms with E-state index in [0.717, 1.165) is 18.0 Å². The molecule has 1 saturated carbocycles. The number of nitriles is 1. The topological polar surface area (TPSA) is 35.8 Å². The lowest BCUT2D eigenvalue weighted by atomic mass is 9.84. The van der Waals surface area contributed by atoms with Crippen LogP contribution in [0.2, 0.25) is 0 Å². The fourth-order valence-corrected chi connectivity index (χ4v) is 3.31. The molecule has 0 atom stereocenters. The Morgan fingerprint density at radius 3 is 2.76 bits per heavy atom. The Labute approximate surface area is 108 Å². The van der Waals surface area contributed by atoms with Gasteiger partial charge in [0.25, 0.3) is 0 Å². The van der Waals surface area contributed by atoms with Crippen molar-refractivity contribution in [3.05, 3.63) is 21.9 Å². The Morgan fingerprint density at radius 1 is 1.41 bits per heavy atom. The third-order valence-electron chi connectivity index (χ3n) is 3.77. The number of hydrogen-bond donors (Lipinski definition) is 1. The minimum Gasteiger partial charge on any atom is -0.309 e. The van der Waals surface area contributed by atoms with E-state index in [1.165, 1.54) is 37.0 Å². The van der Waals surface area contributed by atoms with Gasteiger partial charge in [-0.3, -0.25) is 0 Å². The van der Waals surface area contributed by atoms with Gasteiger partial charge in [-0.2, -0.15) is 5.26 Å². The molecule has 0 unspecified atom stereocenters. The summed E-state index contributed by atoms with van der Waals surface area (Å²) >= 11 is 1.68. The number of hydrogen-bond acceptors (Lipinski definition) is 3. The number of rotatable bonds is 4. The lowest BCUT2D eigenvalue weighted by Gasteiger charge is -2.28. The second kappa shape index (κ2) is 6.18. The highest BCUT2D eigenvalue weighted by Crippen LogP contribution is 2.26. The van der Waals surface area contributed by atoms with Crippen LogP contribution < -0.4 is 5.32 Å². The molecule has 0 aromatic carbocycles. The van der Waals surface area contributed by atoms with E-state index in [4.69, 9.17) is 5.26 Å². The molecule has 17 heavy (non-hydrogen) atoms. The summed E-state index contributed by atoms with van der Waals surface area (Å²) in [5.41, 5.74) is 0.793. The summed E-state index contributed by atoms with van der Waals surface area (Å²) < 4.78 is 0. The van der Waals surface area contributed by atoms with E-state index in [9.17, 15) is 0 Å². The third-order valence-corrected chi connectivity index (χ3v) is 4.71. The molecule has 0 bridgehead atoms. The second-order valence-electron chi connectivity index (χ2n) is 4.92. The molecule has 1 aromatic rings. The highest BCUT2D eigenvalue weighted by molar-refractivity contribution is 7.10. The standard InChI is InChI=1S/C14H20N2S/c1-2-11-3-5-13(6-4-11)16-9-14-7-12(8-15)10-17-14/h7,10-11,13,16H,2-6,9H2,1H3. The van der Waals surface area contributed by atoms with Gasteiger partial charge in [0, 0.05) is 22.8 Å². The molecule has 92 valence electrons. The maximum absolute atomic E-state index is 8.76. The molecular weight excluding hydrogens is 228 g/mol. The van der Waals surface area contributed by atoms with Crippen LogP contribution in [0.25, 0.3) is 0 Å². The molecule has 0 radical (unpaired) electrons. The number of nitrogens with zero attached hydrogens (tertiary/aromatic N) is 1. The SMILES string of the molecule is CCC1CCC(NCc2cc(C#N)cs2)CC1. The van der Waals surface area contributed by atoms with Gasteiger partial charge in [0.1, 0.15) is 6.07 Å². The summed E-state index contributed by atoms with van der Waals surface area (Å²) in [4.78, 5) is 1.28. The van der Waals surface area contributed by atoms with Gasteiger partial charge < -0.3 is 5.32 Å². The first-order chi connectivity index (χ1) is 8.31. The normalized spacial score (nSPS) is 24.5. The lowest BCUT2D eigenvalue weighted by molar-refractivity contribution is 0.285. The van der Waals surface area contributed by atoms with Gasteiger partial charge in [-0.15, -0.1) is 11.3 Å². The van der Waals surface area contributed by atoms with Crippen molar-refractivity contribution in [2.75, 3.05) is 0 Å². The quantitative estimate of drug-likeness (QED) is 0.882. The highest BCUT2D eigenvalue weighted by atomic mass is 32.1. The average molecular weight is 248 g/mol. The van der Waals surface area contributed by atoms with E-state index in [2.05, 4.69) is 18.3 Å². The van der Waals surface area contributed by atoms with Crippen molar-refractivity contribution >= 4 is 11.3 Å². The van der Waals surface area contributed by atoms with Crippen molar-refractivity contribution in [2.24, 2.45) is 5.92 Å². The molecule has 2 rings (SSSR count). The first-order valence-corrected chi connectivity index (χ1v) is 7.40.